The van der Waals surface area contributed by atoms with Gasteiger partial charge in [-0.25, -0.2) is 47.9 Å². The van der Waals surface area contributed by atoms with Gasteiger partial charge in [0.15, 0.2) is 0 Å². The molecule has 0 aliphatic heterocycles. The van der Waals surface area contributed by atoms with Gasteiger partial charge in [0.2, 0.25) is 0 Å². The molecule has 0 saturated heterocycles. The third-order valence-corrected chi connectivity index (χ3v) is 11.0. The van der Waals surface area contributed by atoms with Crippen molar-refractivity contribution in [3.63, 3.8) is 0 Å². The average Bonchev–Trinajstić information content (AvgIpc) is 3.65. The van der Waals surface area contributed by atoms with Gasteiger partial charge < -0.3 is 9.47 Å². The second-order valence-electron chi connectivity index (χ2n) is 17.6. The van der Waals surface area contributed by atoms with Crippen molar-refractivity contribution in [1.29, 1.82) is 0 Å². The Morgan fingerprint density at radius 1 is 0.532 bits per heavy atom. The number of esters is 2. The van der Waals surface area contributed by atoms with Crippen LogP contribution < -0.4 is 32.2 Å². The van der Waals surface area contributed by atoms with Crippen molar-refractivity contribution in [2.75, 3.05) is 0 Å². The molecule has 0 unspecified atom stereocenters. The van der Waals surface area contributed by atoms with Crippen molar-refractivity contribution in [2.24, 2.45) is 24.9 Å². The van der Waals surface area contributed by atoms with Gasteiger partial charge in [0.1, 0.15) is 11.5 Å². The van der Waals surface area contributed by atoms with E-state index in [-0.39, 0.29) is 23.8 Å². The van der Waals surface area contributed by atoms with Crippen LogP contribution >= 0.6 is 0 Å². The molecule has 0 bridgehead atoms. The topological polar surface area (TPSA) is 172 Å². The van der Waals surface area contributed by atoms with Crippen molar-refractivity contribution >= 4 is 24.1 Å². The lowest BCUT2D eigenvalue weighted by Gasteiger charge is -2.30. The van der Waals surface area contributed by atoms with Crippen LogP contribution in [0.1, 0.15) is 98.8 Å². The van der Waals surface area contributed by atoms with Gasteiger partial charge in [0.05, 0.1) is 22.9 Å². The lowest BCUT2D eigenvalue weighted by molar-refractivity contribution is -0.143. The van der Waals surface area contributed by atoms with Crippen LogP contribution in [0.25, 0.3) is 12.2 Å². The molecule has 0 radical (unpaired) electrons. The summed E-state index contributed by atoms with van der Waals surface area (Å²) in [5.41, 5.74) is 2.32. The summed E-state index contributed by atoms with van der Waals surface area (Å²) in [7, 11) is 2.89. The predicted octanol–water partition coefficient (Wildman–Crippen LogP) is 6.45. The Kier molecular flexibility index (Phi) is 11.5. The smallest absolute Gasteiger partial charge is 0.347 e. The molecule has 0 saturated carbocycles. The Balaban J connectivity index is 0.000000186. The van der Waals surface area contributed by atoms with Crippen molar-refractivity contribution in [1.82, 2.24) is 28.7 Å². The second kappa shape index (κ2) is 16.7. The summed E-state index contributed by atoms with van der Waals surface area (Å²) in [6.45, 7) is 10.8. The fourth-order valence-electron chi connectivity index (χ4n) is 7.45. The van der Waals surface area contributed by atoms with Gasteiger partial charge >= 0.3 is 34.7 Å². The van der Waals surface area contributed by atoms with Crippen LogP contribution in [-0.4, -0.2) is 40.6 Å². The fraction of sp³-hybridized carbons (Fsp3) is 0.292. The molecule has 2 aliphatic rings. The third-order valence-electron chi connectivity index (χ3n) is 11.0. The SMILES string of the molecule is Cn1c(=O)[nH]n([C@H]2c3cc(OC(=O)C(C)(C)C)ccc3C=C[C@@H]2c2ccccc2)c1=O.Cn1c(=O)[nH]n([C@H]2c3ccc(OC(=O)C(C)(C)C)cc3C=C[C@@H]2c2ccccc2)c1=O. The number of carbonyl (C=O) groups is 2. The molecule has 0 spiro atoms. The third kappa shape index (κ3) is 8.53. The number of benzene rings is 4. The molecular formula is C48H50N6O8. The highest BCUT2D eigenvalue weighted by molar-refractivity contribution is 5.79. The predicted molar refractivity (Wildman–Crippen MR) is 236 cm³/mol. The Morgan fingerprint density at radius 3 is 1.39 bits per heavy atom. The zero-order valence-corrected chi connectivity index (χ0v) is 35.9. The lowest BCUT2D eigenvalue weighted by atomic mass is 9.80. The Labute approximate surface area is 357 Å². The zero-order valence-electron chi connectivity index (χ0n) is 35.9. The molecule has 320 valence electrons. The number of ether oxygens (including phenoxy) is 2. The van der Waals surface area contributed by atoms with Crippen LogP contribution in [0, 0.1) is 10.8 Å². The van der Waals surface area contributed by atoms with Gasteiger partial charge in [-0.2, -0.15) is 0 Å². The molecule has 8 rings (SSSR count). The molecule has 2 aromatic heterocycles. The van der Waals surface area contributed by atoms with Crippen LogP contribution in [0.15, 0.2) is 128 Å². The maximum Gasteiger partial charge on any atom is 0.347 e. The van der Waals surface area contributed by atoms with E-state index in [9.17, 15) is 28.8 Å². The standard InChI is InChI=1S/2C24H25N3O4/c1-24(2,3)21(28)31-17-11-13-19-16(14-17)10-12-18(15-8-6-5-7-9-15)20(19)27-23(30)26(4)22(29)25-27;1-24(2,3)21(28)31-17-12-10-16-11-13-18(15-8-6-5-7-9-15)20(19(16)14-17)27-23(30)26(4)22(29)25-27/h2*5-14,18,20H,1-4H3,(H,25,29)/t2*18-,20-/m11/s1. The maximum absolute atomic E-state index is 12.9. The van der Waals surface area contributed by atoms with Crippen molar-refractivity contribution < 1.29 is 19.1 Å². The Hall–Kier alpha value is -7.22. The van der Waals surface area contributed by atoms with Gasteiger partial charge in [-0.15, -0.1) is 0 Å². The highest BCUT2D eigenvalue weighted by Crippen LogP contribution is 2.43. The van der Waals surface area contributed by atoms with E-state index in [1.807, 2.05) is 97.1 Å². The molecular weight excluding hydrogens is 789 g/mol. The summed E-state index contributed by atoms with van der Waals surface area (Å²) in [5.74, 6) is -0.188. The monoisotopic (exact) mass is 838 g/mol. The van der Waals surface area contributed by atoms with E-state index in [0.29, 0.717) is 11.5 Å². The molecule has 2 heterocycles. The number of rotatable bonds is 6. The fourth-order valence-corrected chi connectivity index (χ4v) is 7.45. The quantitative estimate of drug-likeness (QED) is 0.142. The van der Waals surface area contributed by atoms with Gasteiger partial charge in [0.25, 0.3) is 0 Å². The number of hydrogen-bond donors (Lipinski definition) is 2. The van der Waals surface area contributed by atoms with Crippen molar-refractivity contribution in [2.45, 2.75) is 65.5 Å². The van der Waals surface area contributed by atoms with E-state index in [4.69, 9.17) is 9.47 Å². The molecule has 14 heteroatoms. The first-order valence-electron chi connectivity index (χ1n) is 20.3. The average molecular weight is 839 g/mol. The van der Waals surface area contributed by atoms with Crippen molar-refractivity contribution in [3.05, 3.63) is 185 Å². The minimum atomic E-state index is -0.649. The first kappa shape index (κ1) is 42.9. The number of fused-ring (bicyclic) bond motifs is 2. The molecule has 4 aromatic carbocycles. The lowest BCUT2D eigenvalue weighted by Crippen LogP contribution is -2.32. The number of hydrogen-bond acceptors (Lipinski definition) is 8. The number of aromatic nitrogens is 6. The minimum absolute atomic E-state index is 0.160. The van der Waals surface area contributed by atoms with Crippen LogP contribution in [-0.2, 0) is 23.7 Å². The summed E-state index contributed by atoms with van der Waals surface area (Å²) >= 11 is 0. The minimum Gasteiger partial charge on any atom is -0.426 e. The van der Waals surface area contributed by atoms with E-state index in [1.165, 1.54) is 23.5 Å². The second-order valence-corrected chi connectivity index (χ2v) is 17.6. The largest absolute Gasteiger partial charge is 0.426 e. The molecule has 62 heavy (non-hydrogen) atoms. The van der Waals surface area contributed by atoms with E-state index < -0.39 is 45.7 Å². The first-order chi connectivity index (χ1) is 29.3. The van der Waals surface area contributed by atoms with E-state index in [1.54, 1.807) is 65.8 Å². The zero-order chi connectivity index (χ0) is 44.7. The molecule has 4 atom stereocenters. The number of aromatic amines is 2. The molecule has 2 N–H and O–H groups in total. The number of allylic oxidation sites excluding steroid dienone is 2. The summed E-state index contributed by atoms with van der Waals surface area (Å²) in [4.78, 5) is 74.7. The Bertz CT molecular complexity index is 2950. The first-order valence-corrected chi connectivity index (χ1v) is 20.3. The van der Waals surface area contributed by atoms with Crippen LogP contribution in [0.5, 0.6) is 11.5 Å². The van der Waals surface area contributed by atoms with Crippen LogP contribution in [0.2, 0.25) is 0 Å². The highest BCUT2D eigenvalue weighted by Gasteiger charge is 2.34. The molecule has 0 amide bonds. The normalized spacial score (nSPS) is 17.9. The molecule has 14 nitrogen and oxygen atoms in total. The molecule has 0 fully saturated rings. The summed E-state index contributed by atoms with van der Waals surface area (Å²) in [6.07, 6.45) is 7.99. The van der Waals surface area contributed by atoms with Gasteiger partial charge in [-0.05, 0) is 99.2 Å². The molecule has 6 aromatic rings. The molecule has 2 aliphatic carbocycles. The van der Waals surface area contributed by atoms with E-state index >= 15 is 0 Å². The Morgan fingerprint density at radius 2 is 0.952 bits per heavy atom. The summed E-state index contributed by atoms with van der Waals surface area (Å²) in [6, 6.07) is 29.4. The van der Waals surface area contributed by atoms with Gasteiger partial charge in [0, 0.05) is 25.9 Å². The van der Waals surface area contributed by atoms with E-state index in [2.05, 4.69) is 10.2 Å². The van der Waals surface area contributed by atoms with Gasteiger partial charge in [-0.3, -0.25) is 9.59 Å². The van der Waals surface area contributed by atoms with Crippen LogP contribution in [0.3, 0.4) is 0 Å². The van der Waals surface area contributed by atoms with E-state index in [0.717, 1.165) is 42.5 Å². The maximum atomic E-state index is 12.9. The number of nitrogens with one attached hydrogen (secondary N) is 2. The number of nitrogens with zero attached hydrogens (tertiary/aromatic N) is 4. The summed E-state index contributed by atoms with van der Waals surface area (Å²) < 4.78 is 16.0. The number of carbonyl (C=O) groups excluding carboxylic acids is 2. The van der Waals surface area contributed by atoms with Gasteiger partial charge in [-0.1, -0.05) is 97.1 Å². The summed E-state index contributed by atoms with van der Waals surface area (Å²) in [5, 5.41) is 5.36. The van der Waals surface area contributed by atoms with Crippen molar-refractivity contribution in [3.8, 4) is 11.5 Å². The van der Waals surface area contributed by atoms with Crippen LogP contribution in [0.4, 0.5) is 0 Å². The highest BCUT2D eigenvalue weighted by atomic mass is 16.5. The number of H-pyrrole nitrogens is 2.